The van der Waals surface area contributed by atoms with Gasteiger partial charge in [0.15, 0.2) is 0 Å². The third kappa shape index (κ3) is 3.76. The number of methoxy groups -OCH3 is 1. The Labute approximate surface area is 106 Å². The Kier molecular flexibility index (Phi) is 4.71. The van der Waals surface area contributed by atoms with E-state index in [2.05, 4.69) is 5.32 Å². The van der Waals surface area contributed by atoms with Crippen molar-refractivity contribution >= 4 is 11.9 Å². The number of ether oxygens (including phenoxy) is 1. The van der Waals surface area contributed by atoms with Gasteiger partial charge in [-0.25, -0.2) is 0 Å². The molecule has 1 rings (SSSR count). The molecular weight excluding hydrogens is 234 g/mol. The van der Waals surface area contributed by atoms with Crippen LogP contribution in [0.4, 0.5) is 0 Å². The molecule has 0 bridgehead atoms. The summed E-state index contributed by atoms with van der Waals surface area (Å²) in [5, 5.41) is 11.2. The lowest BCUT2D eigenvalue weighted by molar-refractivity contribution is -0.137. The molecule has 0 aliphatic heterocycles. The minimum atomic E-state index is -0.940. The van der Waals surface area contributed by atoms with Crippen molar-refractivity contribution in [1.82, 2.24) is 5.32 Å². The van der Waals surface area contributed by atoms with Crippen LogP contribution in [0.2, 0.25) is 0 Å². The lowest BCUT2D eigenvalue weighted by atomic mass is 10.1. The third-order valence-corrected chi connectivity index (χ3v) is 2.53. The molecule has 5 heteroatoms. The van der Waals surface area contributed by atoms with Gasteiger partial charge < -0.3 is 15.2 Å². The maximum absolute atomic E-state index is 11.9. The number of carboxylic acids is 1. The molecule has 0 radical (unpaired) electrons. The molecular formula is C13H17NO4. The van der Waals surface area contributed by atoms with Crippen molar-refractivity contribution < 1.29 is 19.4 Å². The second-order valence-corrected chi connectivity index (χ2v) is 4.16. The zero-order valence-corrected chi connectivity index (χ0v) is 10.7. The fraction of sp³-hybridized carbons (Fsp3) is 0.385. The van der Waals surface area contributed by atoms with Crippen molar-refractivity contribution in [3.63, 3.8) is 0 Å². The number of aliphatic carboxylic acids is 1. The molecule has 1 atom stereocenters. The van der Waals surface area contributed by atoms with E-state index in [-0.39, 0.29) is 12.3 Å². The maximum atomic E-state index is 11.9. The number of carboxylic acid groups (broad SMARTS) is 1. The van der Waals surface area contributed by atoms with Crippen molar-refractivity contribution in [2.24, 2.45) is 0 Å². The fourth-order valence-corrected chi connectivity index (χ4v) is 1.58. The van der Waals surface area contributed by atoms with Gasteiger partial charge in [0, 0.05) is 11.6 Å². The molecule has 0 fully saturated rings. The largest absolute Gasteiger partial charge is 0.496 e. The van der Waals surface area contributed by atoms with E-state index in [0.29, 0.717) is 11.3 Å². The summed E-state index contributed by atoms with van der Waals surface area (Å²) in [5.74, 6) is -0.611. The number of benzene rings is 1. The number of rotatable bonds is 5. The number of nitrogens with one attached hydrogen (secondary N) is 1. The lowest BCUT2D eigenvalue weighted by Crippen LogP contribution is -2.34. The smallest absolute Gasteiger partial charge is 0.305 e. The van der Waals surface area contributed by atoms with E-state index in [4.69, 9.17) is 9.84 Å². The van der Waals surface area contributed by atoms with Crippen LogP contribution in [0.1, 0.15) is 29.3 Å². The number of aryl methyl sites for hydroxylation is 1. The van der Waals surface area contributed by atoms with Crippen molar-refractivity contribution in [2.75, 3.05) is 7.11 Å². The predicted molar refractivity (Wildman–Crippen MR) is 66.9 cm³/mol. The topological polar surface area (TPSA) is 75.6 Å². The Balaban J connectivity index is 2.75. The fourth-order valence-electron chi connectivity index (χ4n) is 1.58. The molecule has 0 aromatic heterocycles. The van der Waals surface area contributed by atoms with Gasteiger partial charge >= 0.3 is 5.97 Å². The van der Waals surface area contributed by atoms with Gasteiger partial charge in [0.2, 0.25) is 0 Å². The van der Waals surface area contributed by atoms with Crippen molar-refractivity contribution in [1.29, 1.82) is 0 Å². The van der Waals surface area contributed by atoms with E-state index < -0.39 is 12.0 Å². The van der Waals surface area contributed by atoms with Crippen molar-refractivity contribution in [2.45, 2.75) is 26.3 Å². The first-order valence-corrected chi connectivity index (χ1v) is 5.61. The molecule has 98 valence electrons. The molecule has 0 aliphatic carbocycles. The summed E-state index contributed by atoms with van der Waals surface area (Å²) < 4.78 is 5.13. The molecule has 18 heavy (non-hydrogen) atoms. The zero-order chi connectivity index (χ0) is 13.7. The molecule has 0 saturated heterocycles. The predicted octanol–water partition coefficient (Wildman–Crippen LogP) is 1.60. The van der Waals surface area contributed by atoms with Crippen LogP contribution >= 0.6 is 0 Å². The van der Waals surface area contributed by atoms with E-state index >= 15 is 0 Å². The molecule has 1 unspecified atom stereocenters. The van der Waals surface area contributed by atoms with Gasteiger partial charge in [0.05, 0.1) is 13.5 Å². The minimum Gasteiger partial charge on any atom is -0.496 e. The summed E-state index contributed by atoms with van der Waals surface area (Å²) in [6.45, 7) is 3.53. The molecule has 0 aliphatic rings. The van der Waals surface area contributed by atoms with Gasteiger partial charge in [0.1, 0.15) is 5.75 Å². The Bertz CT molecular complexity index is 456. The Morgan fingerprint density at radius 2 is 2.11 bits per heavy atom. The number of amides is 1. The normalized spacial score (nSPS) is 11.7. The molecule has 0 spiro atoms. The second-order valence-electron chi connectivity index (χ2n) is 4.16. The van der Waals surface area contributed by atoms with Crippen LogP contribution in [0.3, 0.4) is 0 Å². The lowest BCUT2D eigenvalue weighted by Gasteiger charge is -2.12. The summed E-state index contributed by atoms with van der Waals surface area (Å²) >= 11 is 0. The zero-order valence-electron chi connectivity index (χ0n) is 10.7. The van der Waals surface area contributed by atoms with E-state index in [0.717, 1.165) is 5.56 Å². The molecule has 0 saturated carbocycles. The summed E-state index contributed by atoms with van der Waals surface area (Å²) in [6, 6.07) is 4.69. The van der Waals surface area contributed by atoms with Gasteiger partial charge in [0.25, 0.3) is 5.91 Å². The van der Waals surface area contributed by atoms with Crippen molar-refractivity contribution in [3.05, 3.63) is 29.3 Å². The average Bonchev–Trinajstić information content (AvgIpc) is 2.28. The monoisotopic (exact) mass is 251 g/mol. The first kappa shape index (κ1) is 14.0. The quantitative estimate of drug-likeness (QED) is 0.833. The molecule has 1 amide bonds. The summed E-state index contributed by atoms with van der Waals surface area (Å²) in [6.07, 6.45) is -0.102. The van der Waals surface area contributed by atoms with Gasteiger partial charge in [-0.05, 0) is 31.5 Å². The van der Waals surface area contributed by atoms with Crippen LogP contribution in [0.5, 0.6) is 5.75 Å². The first-order valence-electron chi connectivity index (χ1n) is 5.61. The van der Waals surface area contributed by atoms with Crippen LogP contribution in [0.15, 0.2) is 18.2 Å². The van der Waals surface area contributed by atoms with E-state index in [1.54, 1.807) is 25.1 Å². The minimum absolute atomic E-state index is 0.102. The van der Waals surface area contributed by atoms with Crippen LogP contribution < -0.4 is 10.1 Å². The van der Waals surface area contributed by atoms with Crippen LogP contribution in [-0.2, 0) is 4.79 Å². The molecule has 5 nitrogen and oxygen atoms in total. The highest BCUT2D eigenvalue weighted by Crippen LogP contribution is 2.18. The van der Waals surface area contributed by atoms with Gasteiger partial charge in [-0.1, -0.05) is 6.07 Å². The molecule has 1 aromatic rings. The van der Waals surface area contributed by atoms with Gasteiger partial charge in [-0.3, -0.25) is 9.59 Å². The van der Waals surface area contributed by atoms with E-state index in [9.17, 15) is 9.59 Å². The second kappa shape index (κ2) is 6.05. The standard InChI is InChI=1S/C13H17NO4/c1-8-4-5-10(7-11(8)18-3)13(17)14-9(2)6-12(15)16/h4-5,7,9H,6H2,1-3H3,(H,14,17)(H,15,16). The average molecular weight is 251 g/mol. The highest BCUT2D eigenvalue weighted by molar-refractivity contribution is 5.95. The summed E-state index contributed by atoms with van der Waals surface area (Å²) in [4.78, 5) is 22.4. The first-order chi connectivity index (χ1) is 8.43. The Morgan fingerprint density at radius 3 is 2.67 bits per heavy atom. The molecule has 0 heterocycles. The highest BCUT2D eigenvalue weighted by atomic mass is 16.5. The number of carbonyl (C=O) groups is 2. The Hall–Kier alpha value is -2.04. The van der Waals surface area contributed by atoms with Gasteiger partial charge in [-0.15, -0.1) is 0 Å². The maximum Gasteiger partial charge on any atom is 0.305 e. The van der Waals surface area contributed by atoms with E-state index in [1.165, 1.54) is 7.11 Å². The van der Waals surface area contributed by atoms with Gasteiger partial charge in [-0.2, -0.15) is 0 Å². The highest BCUT2D eigenvalue weighted by Gasteiger charge is 2.13. The Morgan fingerprint density at radius 1 is 1.44 bits per heavy atom. The summed E-state index contributed by atoms with van der Waals surface area (Å²) in [7, 11) is 1.54. The molecule has 1 aromatic carbocycles. The molecule has 2 N–H and O–H groups in total. The SMILES string of the molecule is COc1cc(C(=O)NC(C)CC(=O)O)ccc1C. The number of hydrogen-bond donors (Lipinski definition) is 2. The number of hydrogen-bond acceptors (Lipinski definition) is 3. The summed E-state index contributed by atoms with van der Waals surface area (Å²) in [5.41, 5.74) is 1.39. The van der Waals surface area contributed by atoms with Crippen LogP contribution in [0, 0.1) is 6.92 Å². The third-order valence-electron chi connectivity index (χ3n) is 2.53. The van der Waals surface area contributed by atoms with Crippen molar-refractivity contribution in [3.8, 4) is 5.75 Å². The van der Waals surface area contributed by atoms with Crippen LogP contribution in [-0.4, -0.2) is 30.1 Å². The van der Waals surface area contributed by atoms with Crippen LogP contribution in [0.25, 0.3) is 0 Å². The number of carbonyl (C=O) groups excluding carboxylic acids is 1. The van der Waals surface area contributed by atoms with E-state index in [1.807, 2.05) is 6.92 Å².